The number of hydrogen-bond acceptors (Lipinski definition) is 1. The number of halogens is 1. The molecular weight excluding hydrogens is 272 g/mol. The molecule has 0 radical (unpaired) electrons. The minimum atomic E-state index is -0.00368. The van der Waals surface area contributed by atoms with Crippen LogP contribution in [0.25, 0.3) is 27.5 Å². The number of para-hydroxylation sites is 2. The number of fused-ring (bicyclic) bond motifs is 5. The molecule has 0 atom stereocenters. The van der Waals surface area contributed by atoms with E-state index in [4.69, 9.17) is 11.6 Å². The lowest BCUT2D eigenvalue weighted by atomic mass is 10.2. The molecule has 0 aliphatic heterocycles. The summed E-state index contributed by atoms with van der Waals surface area (Å²) in [5.41, 5.74) is 3.59. The molecule has 0 bridgehead atoms. The molecule has 20 heavy (non-hydrogen) atoms. The monoisotopic (exact) mass is 282 g/mol. The molecule has 0 saturated heterocycles. The summed E-state index contributed by atoms with van der Waals surface area (Å²) in [7, 11) is 1.80. The van der Waals surface area contributed by atoms with Gasteiger partial charge in [0, 0.05) is 17.5 Å². The van der Waals surface area contributed by atoms with Gasteiger partial charge in [-0.25, -0.2) is 0 Å². The third-order valence-electron chi connectivity index (χ3n) is 3.77. The minimum Gasteiger partial charge on any atom is -0.308 e. The van der Waals surface area contributed by atoms with Crippen molar-refractivity contribution in [3.8, 4) is 0 Å². The predicted octanol–water partition coefficient (Wildman–Crippen LogP) is 3.60. The molecule has 4 rings (SSSR count). The van der Waals surface area contributed by atoms with Crippen LogP contribution in [-0.2, 0) is 7.05 Å². The van der Waals surface area contributed by atoms with Crippen molar-refractivity contribution < 1.29 is 0 Å². The van der Waals surface area contributed by atoms with Crippen LogP contribution in [0.2, 0.25) is 5.02 Å². The summed E-state index contributed by atoms with van der Waals surface area (Å²) >= 11 is 6.04. The van der Waals surface area contributed by atoms with E-state index in [1.54, 1.807) is 11.6 Å². The summed E-state index contributed by atoms with van der Waals surface area (Å²) in [6.07, 6.45) is 0. The molecule has 0 unspecified atom stereocenters. The van der Waals surface area contributed by atoms with Gasteiger partial charge in [0.1, 0.15) is 5.52 Å². The van der Waals surface area contributed by atoms with Crippen LogP contribution in [0.5, 0.6) is 0 Å². The SMILES string of the molecule is Cn1c(=O)c2cc3cc(Cl)ccc3n2c2ccccc21. The first-order valence-corrected chi connectivity index (χ1v) is 6.73. The normalized spacial score (nSPS) is 11.7. The highest BCUT2D eigenvalue weighted by molar-refractivity contribution is 6.31. The first-order chi connectivity index (χ1) is 9.66. The maximum atomic E-state index is 12.5. The fourth-order valence-corrected chi connectivity index (χ4v) is 3.00. The summed E-state index contributed by atoms with van der Waals surface area (Å²) in [6, 6.07) is 15.5. The van der Waals surface area contributed by atoms with Crippen LogP contribution < -0.4 is 5.56 Å². The predicted molar refractivity (Wildman–Crippen MR) is 82.7 cm³/mol. The van der Waals surface area contributed by atoms with E-state index in [1.807, 2.05) is 52.9 Å². The minimum absolute atomic E-state index is 0.00368. The van der Waals surface area contributed by atoms with Gasteiger partial charge in [0.05, 0.1) is 16.6 Å². The van der Waals surface area contributed by atoms with Gasteiger partial charge in [0.25, 0.3) is 5.56 Å². The molecule has 2 aromatic heterocycles. The van der Waals surface area contributed by atoms with Crippen molar-refractivity contribution in [3.63, 3.8) is 0 Å². The van der Waals surface area contributed by atoms with Crippen LogP contribution in [0, 0.1) is 0 Å². The van der Waals surface area contributed by atoms with E-state index in [1.165, 1.54) is 0 Å². The molecule has 0 spiro atoms. The zero-order valence-electron chi connectivity index (χ0n) is 10.8. The van der Waals surface area contributed by atoms with E-state index >= 15 is 0 Å². The van der Waals surface area contributed by atoms with Crippen LogP contribution in [0.3, 0.4) is 0 Å². The quantitative estimate of drug-likeness (QED) is 0.484. The average molecular weight is 283 g/mol. The number of aryl methyl sites for hydroxylation is 1. The van der Waals surface area contributed by atoms with E-state index in [9.17, 15) is 4.79 Å². The fraction of sp³-hybridized carbons (Fsp3) is 0.0625. The summed E-state index contributed by atoms with van der Waals surface area (Å²) < 4.78 is 3.69. The second-order valence-electron chi connectivity index (χ2n) is 4.92. The molecule has 0 N–H and O–H groups in total. The first-order valence-electron chi connectivity index (χ1n) is 6.35. The van der Waals surface area contributed by atoms with Gasteiger partial charge in [-0.1, -0.05) is 23.7 Å². The number of rotatable bonds is 0. The summed E-state index contributed by atoms with van der Waals surface area (Å²) in [5.74, 6) is 0. The Morgan fingerprint density at radius 2 is 1.65 bits per heavy atom. The Morgan fingerprint density at radius 3 is 2.45 bits per heavy atom. The molecular formula is C16H11ClN2O. The summed E-state index contributed by atoms with van der Waals surface area (Å²) in [5, 5.41) is 1.65. The van der Waals surface area contributed by atoms with Crippen LogP contribution in [-0.4, -0.2) is 8.97 Å². The third kappa shape index (κ3) is 1.38. The molecule has 0 aliphatic carbocycles. The lowest BCUT2D eigenvalue weighted by Crippen LogP contribution is -2.19. The number of nitrogens with zero attached hydrogens (tertiary/aromatic N) is 2. The Bertz CT molecular complexity index is 1040. The Labute approximate surface area is 119 Å². The largest absolute Gasteiger partial charge is 0.308 e. The highest BCUT2D eigenvalue weighted by atomic mass is 35.5. The molecule has 98 valence electrons. The maximum absolute atomic E-state index is 12.5. The highest BCUT2D eigenvalue weighted by Gasteiger charge is 2.11. The van der Waals surface area contributed by atoms with Crippen LogP contribution in [0.15, 0.2) is 53.3 Å². The second kappa shape index (κ2) is 3.87. The van der Waals surface area contributed by atoms with Gasteiger partial charge in [-0.3, -0.25) is 4.79 Å². The number of aromatic nitrogens is 2. The van der Waals surface area contributed by atoms with Gasteiger partial charge in [-0.05, 0) is 36.4 Å². The lowest BCUT2D eigenvalue weighted by Gasteiger charge is -2.08. The zero-order chi connectivity index (χ0) is 13.9. The van der Waals surface area contributed by atoms with E-state index < -0.39 is 0 Å². The van der Waals surface area contributed by atoms with Gasteiger partial charge in [0.2, 0.25) is 0 Å². The molecule has 0 amide bonds. The van der Waals surface area contributed by atoms with Crippen LogP contribution in [0.1, 0.15) is 0 Å². The van der Waals surface area contributed by atoms with Gasteiger partial charge >= 0.3 is 0 Å². The molecule has 2 heterocycles. The molecule has 0 aliphatic rings. The summed E-state index contributed by atoms with van der Waals surface area (Å²) in [6.45, 7) is 0. The third-order valence-corrected chi connectivity index (χ3v) is 4.01. The lowest BCUT2D eigenvalue weighted by molar-refractivity contribution is 0.902. The smallest absolute Gasteiger partial charge is 0.275 e. The first kappa shape index (κ1) is 11.6. The van der Waals surface area contributed by atoms with Crippen molar-refractivity contribution in [2.75, 3.05) is 0 Å². The highest BCUT2D eigenvalue weighted by Crippen LogP contribution is 2.25. The van der Waals surface area contributed by atoms with Gasteiger partial charge < -0.3 is 8.97 Å². The Balaban J connectivity index is 2.42. The average Bonchev–Trinajstić information content (AvgIpc) is 2.83. The van der Waals surface area contributed by atoms with Crippen molar-refractivity contribution in [1.29, 1.82) is 0 Å². The van der Waals surface area contributed by atoms with Crippen molar-refractivity contribution in [2.24, 2.45) is 7.05 Å². The van der Waals surface area contributed by atoms with E-state index in [0.717, 1.165) is 21.9 Å². The van der Waals surface area contributed by atoms with E-state index in [0.29, 0.717) is 10.5 Å². The molecule has 2 aromatic carbocycles. The van der Waals surface area contributed by atoms with Crippen molar-refractivity contribution >= 4 is 39.1 Å². The standard InChI is InChI=1S/C16H11ClN2O/c1-18-13-4-2-3-5-14(13)19-12-7-6-11(17)8-10(12)9-15(19)16(18)20/h2-9H,1H3. The van der Waals surface area contributed by atoms with Crippen LogP contribution >= 0.6 is 11.6 Å². The zero-order valence-corrected chi connectivity index (χ0v) is 11.6. The molecule has 4 heteroatoms. The van der Waals surface area contributed by atoms with Gasteiger partial charge in [0.15, 0.2) is 0 Å². The van der Waals surface area contributed by atoms with Gasteiger partial charge in [-0.15, -0.1) is 0 Å². The van der Waals surface area contributed by atoms with Crippen molar-refractivity contribution in [3.05, 3.63) is 63.9 Å². The Hall–Kier alpha value is -2.26. The van der Waals surface area contributed by atoms with E-state index in [2.05, 4.69) is 0 Å². The van der Waals surface area contributed by atoms with Gasteiger partial charge in [-0.2, -0.15) is 0 Å². The van der Waals surface area contributed by atoms with Crippen molar-refractivity contribution in [2.45, 2.75) is 0 Å². The topological polar surface area (TPSA) is 26.4 Å². The molecule has 4 aromatic rings. The number of hydrogen-bond donors (Lipinski definition) is 0. The molecule has 3 nitrogen and oxygen atoms in total. The fourth-order valence-electron chi connectivity index (χ4n) is 2.82. The Kier molecular flexibility index (Phi) is 2.24. The van der Waals surface area contributed by atoms with Crippen LogP contribution in [0.4, 0.5) is 0 Å². The van der Waals surface area contributed by atoms with Crippen molar-refractivity contribution in [1.82, 2.24) is 8.97 Å². The Morgan fingerprint density at radius 1 is 0.900 bits per heavy atom. The molecule has 0 saturated carbocycles. The number of benzene rings is 2. The van der Waals surface area contributed by atoms with E-state index in [-0.39, 0.29) is 5.56 Å². The summed E-state index contributed by atoms with van der Waals surface area (Å²) in [4.78, 5) is 12.5. The molecule has 0 fully saturated rings. The maximum Gasteiger partial charge on any atom is 0.275 e. The second-order valence-corrected chi connectivity index (χ2v) is 5.36.